The van der Waals surface area contributed by atoms with Crippen molar-refractivity contribution in [2.24, 2.45) is 0 Å². The van der Waals surface area contributed by atoms with E-state index >= 15 is 0 Å². The highest BCUT2D eigenvalue weighted by molar-refractivity contribution is 5.68. The summed E-state index contributed by atoms with van der Waals surface area (Å²) in [5.74, 6) is 0.937. The maximum atomic E-state index is 12.3. The number of carbonyl (C=O) groups excluding carboxylic acids is 1. The van der Waals surface area contributed by atoms with E-state index in [0.717, 1.165) is 31.6 Å². The van der Waals surface area contributed by atoms with E-state index in [4.69, 9.17) is 9.15 Å². The molecule has 1 saturated heterocycles. The van der Waals surface area contributed by atoms with E-state index in [0.29, 0.717) is 6.04 Å². The maximum Gasteiger partial charge on any atom is 0.410 e. The monoisotopic (exact) mass is 322 g/mol. The van der Waals surface area contributed by atoms with Gasteiger partial charge in [0.25, 0.3) is 0 Å². The summed E-state index contributed by atoms with van der Waals surface area (Å²) in [4.78, 5) is 14.2. The van der Waals surface area contributed by atoms with Crippen LogP contribution in [0.3, 0.4) is 0 Å². The van der Waals surface area contributed by atoms with Gasteiger partial charge in [-0.3, -0.25) is 0 Å². The summed E-state index contributed by atoms with van der Waals surface area (Å²) in [6, 6.07) is 4.59. The second-order valence-electron chi connectivity index (χ2n) is 7.51. The smallest absolute Gasteiger partial charge is 0.410 e. The predicted molar refractivity (Wildman–Crippen MR) is 90.3 cm³/mol. The van der Waals surface area contributed by atoms with Crippen LogP contribution < -0.4 is 5.32 Å². The average Bonchev–Trinajstić information content (AvgIpc) is 3.06. The lowest BCUT2D eigenvalue weighted by molar-refractivity contribution is 0.0214. The van der Waals surface area contributed by atoms with Gasteiger partial charge in [-0.05, 0) is 66.0 Å². The molecule has 5 nitrogen and oxygen atoms in total. The van der Waals surface area contributed by atoms with E-state index in [2.05, 4.69) is 19.2 Å². The number of hydrogen-bond acceptors (Lipinski definition) is 4. The quantitative estimate of drug-likeness (QED) is 0.886. The van der Waals surface area contributed by atoms with Crippen molar-refractivity contribution in [2.75, 3.05) is 6.54 Å². The Kier molecular flexibility index (Phi) is 5.74. The van der Waals surface area contributed by atoms with Crippen LogP contribution in [0, 0.1) is 0 Å². The molecule has 2 unspecified atom stereocenters. The highest BCUT2D eigenvalue weighted by atomic mass is 16.6. The molecule has 0 spiro atoms. The van der Waals surface area contributed by atoms with Crippen LogP contribution >= 0.6 is 0 Å². The highest BCUT2D eigenvalue weighted by Gasteiger charge is 2.33. The number of rotatable bonds is 5. The first-order chi connectivity index (χ1) is 10.8. The first-order valence-electron chi connectivity index (χ1n) is 8.55. The van der Waals surface area contributed by atoms with Crippen LogP contribution in [-0.2, 0) is 4.74 Å². The molecule has 0 aromatic carbocycles. The molecule has 1 fully saturated rings. The van der Waals surface area contributed by atoms with Gasteiger partial charge in [0.05, 0.1) is 12.3 Å². The van der Waals surface area contributed by atoms with Gasteiger partial charge in [-0.25, -0.2) is 4.79 Å². The maximum absolute atomic E-state index is 12.3. The van der Waals surface area contributed by atoms with Crippen molar-refractivity contribution in [2.45, 2.75) is 77.6 Å². The van der Waals surface area contributed by atoms with Crippen LogP contribution in [0.5, 0.6) is 0 Å². The lowest BCUT2D eigenvalue weighted by Crippen LogP contribution is -2.42. The van der Waals surface area contributed by atoms with Crippen molar-refractivity contribution >= 4 is 6.09 Å². The molecule has 3 atom stereocenters. The lowest BCUT2D eigenvalue weighted by atomic mass is 10.1. The lowest BCUT2D eigenvalue weighted by Gasteiger charge is -2.30. The fraction of sp³-hybridized carbons (Fsp3) is 0.722. The Labute approximate surface area is 139 Å². The average molecular weight is 322 g/mol. The van der Waals surface area contributed by atoms with Crippen molar-refractivity contribution < 1.29 is 13.9 Å². The molecule has 0 saturated carbocycles. The number of carbonyl (C=O) groups is 1. The van der Waals surface area contributed by atoms with Crippen molar-refractivity contribution in [3.05, 3.63) is 24.2 Å². The molecule has 1 aliphatic heterocycles. The Bertz CT molecular complexity index is 493. The SMILES string of the molecule is CC(CC1CCCN1C(=O)OC(C)(C)C)N[C@@H](C)c1ccco1. The predicted octanol–water partition coefficient (Wildman–Crippen LogP) is 4.11. The van der Waals surface area contributed by atoms with Gasteiger partial charge in [0, 0.05) is 18.6 Å². The molecule has 130 valence electrons. The molecule has 1 aliphatic rings. The fourth-order valence-corrected chi connectivity index (χ4v) is 3.16. The second-order valence-corrected chi connectivity index (χ2v) is 7.51. The Morgan fingerprint density at radius 3 is 2.83 bits per heavy atom. The fourth-order valence-electron chi connectivity index (χ4n) is 3.16. The zero-order valence-corrected chi connectivity index (χ0v) is 15.0. The normalized spacial score (nSPS) is 21.3. The molecule has 5 heteroatoms. The Hall–Kier alpha value is -1.49. The topological polar surface area (TPSA) is 54.7 Å². The summed E-state index contributed by atoms with van der Waals surface area (Å²) >= 11 is 0. The second kappa shape index (κ2) is 7.39. The van der Waals surface area contributed by atoms with E-state index in [1.54, 1.807) is 6.26 Å². The third-order valence-electron chi connectivity index (χ3n) is 4.14. The number of likely N-dealkylation sites (tertiary alicyclic amines) is 1. The number of nitrogens with one attached hydrogen (secondary N) is 1. The molecule has 2 rings (SSSR count). The molecule has 0 bridgehead atoms. The molecule has 0 radical (unpaired) electrons. The molecule has 1 aromatic heterocycles. The Morgan fingerprint density at radius 2 is 2.22 bits per heavy atom. The molecular weight excluding hydrogens is 292 g/mol. The number of ether oxygens (including phenoxy) is 1. The minimum atomic E-state index is -0.443. The summed E-state index contributed by atoms with van der Waals surface area (Å²) in [7, 11) is 0. The summed E-state index contributed by atoms with van der Waals surface area (Å²) < 4.78 is 11.0. The van der Waals surface area contributed by atoms with Crippen LogP contribution in [0.4, 0.5) is 4.79 Å². The first kappa shape index (κ1) is 17.9. The van der Waals surface area contributed by atoms with Crippen LogP contribution in [0.15, 0.2) is 22.8 Å². The minimum absolute atomic E-state index is 0.163. The standard InChI is InChI=1S/C18H30N2O3/c1-13(19-14(2)16-9-7-11-22-16)12-15-8-6-10-20(15)17(21)23-18(3,4)5/h7,9,11,13-15,19H,6,8,10,12H2,1-5H3/t13?,14-,15?/m0/s1. The molecule has 1 amide bonds. The zero-order chi connectivity index (χ0) is 17.0. The van der Waals surface area contributed by atoms with E-state index in [1.807, 2.05) is 37.8 Å². The summed E-state index contributed by atoms with van der Waals surface area (Å²) in [5.41, 5.74) is -0.443. The minimum Gasteiger partial charge on any atom is -0.468 e. The van der Waals surface area contributed by atoms with Crippen molar-refractivity contribution in [1.29, 1.82) is 0 Å². The zero-order valence-electron chi connectivity index (χ0n) is 15.0. The summed E-state index contributed by atoms with van der Waals surface area (Å²) in [6.07, 6.45) is 4.51. The third-order valence-corrected chi connectivity index (χ3v) is 4.14. The number of furan rings is 1. The number of hydrogen-bond donors (Lipinski definition) is 1. The van der Waals surface area contributed by atoms with Gasteiger partial charge in [0.1, 0.15) is 11.4 Å². The van der Waals surface area contributed by atoms with Gasteiger partial charge in [0.15, 0.2) is 0 Å². The number of amides is 1. The largest absolute Gasteiger partial charge is 0.468 e. The van der Waals surface area contributed by atoms with E-state index in [-0.39, 0.29) is 18.2 Å². The summed E-state index contributed by atoms with van der Waals surface area (Å²) in [5, 5.41) is 3.54. The van der Waals surface area contributed by atoms with Crippen LogP contribution in [0.2, 0.25) is 0 Å². The van der Waals surface area contributed by atoms with Crippen LogP contribution in [-0.4, -0.2) is 35.2 Å². The molecule has 23 heavy (non-hydrogen) atoms. The first-order valence-corrected chi connectivity index (χ1v) is 8.55. The van der Waals surface area contributed by atoms with Crippen molar-refractivity contribution in [3.8, 4) is 0 Å². The van der Waals surface area contributed by atoms with Gasteiger partial charge in [-0.1, -0.05) is 0 Å². The van der Waals surface area contributed by atoms with E-state index in [9.17, 15) is 4.79 Å². The van der Waals surface area contributed by atoms with Crippen LogP contribution in [0.1, 0.15) is 65.7 Å². The van der Waals surface area contributed by atoms with Gasteiger partial charge >= 0.3 is 6.09 Å². The molecule has 2 heterocycles. The third kappa shape index (κ3) is 5.27. The summed E-state index contributed by atoms with van der Waals surface area (Å²) in [6.45, 7) is 10.8. The number of nitrogens with zero attached hydrogens (tertiary/aromatic N) is 1. The molecule has 1 N–H and O–H groups in total. The van der Waals surface area contributed by atoms with Gasteiger partial charge in [-0.2, -0.15) is 0 Å². The van der Waals surface area contributed by atoms with Crippen molar-refractivity contribution in [1.82, 2.24) is 10.2 Å². The van der Waals surface area contributed by atoms with Crippen LogP contribution in [0.25, 0.3) is 0 Å². The molecular formula is C18H30N2O3. The van der Waals surface area contributed by atoms with Gasteiger partial charge in [0.2, 0.25) is 0 Å². The van der Waals surface area contributed by atoms with E-state index < -0.39 is 5.60 Å². The highest BCUT2D eigenvalue weighted by Crippen LogP contribution is 2.25. The Morgan fingerprint density at radius 1 is 1.48 bits per heavy atom. The Balaban J connectivity index is 1.86. The van der Waals surface area contributed by atoms with E-state index in [1.165, 1.54) is 0 Å². The van der Waals surface area contributed by atoms with Gasteiger partial charge < -0.3 is 19.4 Å². The molecule has 0 aliphatic carbocycles. The van der Waals surface area contributed by atoms with Gasteiger partial charge in [-0.15, -0.1) is 0 Å². The molecule has 1 aromatic rings. The van der Waals surface area contributed by atoms with Crippen molar-refractivity contribution in [3.63, 3.8) is 0 Å².